The number of amides is 1. The summed E-state index contributed by atoms with van der Waals surface area (Å²) in [6, 6.07) is 12.1. The second kappa shape index (κ2) is 10.8. The van der Waals surface area contributed by atoms with E-state index < -0.39 is 12.2 Å². The molecule has 1 saturated heterocycles. The molecule has 2 aliphatic heterocycles. The molecule has 1 aromatic heterocycles. The molecule has 10 heteroatoms. The minimum Gasteiger partial charge on any atom is -0.434 e. The highest BCUT2D eigenvalue weighted by Gasteiger charge is 2.40. The molecule has 1 spiro atoms. The Morgan fingerprint density at radius 2 is 1.95 bits per heavy atom. The van der Waals surface area contributed by atoms with Gasteiger partial charge in [-0.05, 0) is 55.2 Å². The van der Waals surface area contributed by atoms with Crippen molar-refractivity contribution in [3.8, 4) is 5.75 Å². The number of likely N-dealkylation sites (tertiary alicyclic amines) is 1. The number of nitrogens with zero attached hydrogens (tertiary/aromatic N) is 4. The summed E-state index contributed by atoms with van der Waals surface area (Å²) in [4.78, 5) is 31.3. The van der Waals surface area contributed by atoms with Gasteiger partial charge in [-0.2, -0.15) is 8.78 Å². The fourth-order valence-electron chi connectivity index (χ4n) is 5.53. The van der Waals surface area contributed by atoms with Crippen LogP contribution in [0.1, 0.15) is 37.8 Å². The molecule has 40 heavy (non-hydrogen) atoms. The largest absolute Gasteiger partial charge is 0.434 e. The van der Waals surface area contributed by atoms with Crippen molar-refractivity contribution in [2.45, 2.75) is 51.6 Å². The molecule has 0 saturated carbocycles. The van der Waals surface area contributed by atoms with E-state index >= 15 is 0 Å². The molecule has 2 aromatic carbocycles. The van der Waals surface area contributed by atoms with E-state index in [4.69, 9.17) is 9.47 Å². The first-order chi connectivity index (χ1) is 19.1. The summed E-state index contributed by atoms with van der Waals surface area (Å²) < 4.78 is 40.4. The van der Waals surface area contributed by atoms with E-state index in [0.29, 0.717) is 48.1 Å². The monoisotopic (exact) mass is 550 g/mol. The SMILES string of the molecule is C=C1N=C/C(c2ccc3c(=O)n(C)n(Cc4ccccc4OC(F)F)c3c2)=C\C(C)OC12CCN(C(C)=O)CC2. The number of halogens is 2. The summed E-state index contributed by atoms with van der Waals surface area (Å²) in [7, 11) is 1.64. The molecule has 1 atom stereocenters. The Morgan fingerprint density at radius 3 is 2.65 bits per heavy atom. The van der Waals surface area contributed by atoms with Crippen molar-refractivity contribution in [2.75, 3.05) is 13.1 Å². The molecule has 1 fully saturated rings. The number of carbonyl (C=O) groups excluding carboxylic acids is 1. The van der Waals surface area contributed by atoms with Crippen LogP contribution in [0.2, 0.25) is 0 Å². The predicted octanol–water partition coefficient (Wildman–Crippen LogP) is 4.76. The number of fused-ring (bicyclic) bond motifs is 1. The van der Waals surface area contributed by atoms with E-state index in [1.165, 1.54) is 10.7 Å². The zero-order chi connectivity index (χ0) is 28.6. The van der Waals surface area contributed by atoms with Gasteiger partial charge in [0.25, 0.3) is 5.56 Å². The summed E-state index contributed by atoms with van der Waals surface area (Å²) >= 11 is 0. The smallest absolute Gasteiger partial charge is 0.387 e. The number of para-hydroxylation sites is 1. The van der Waals surface area contributed by atoms with E-state index in [9.17, 15) is 18.4 Å². The Hall–Kier alpha value is -4.05. The molecule has 0 bridgehead atoms. The van der Waals surface area contributed by atoms with Gasteiger partial charge in [0.2, 0.25) is 5.91 Å². The first-order valence-electron chi connectivity index (χ1n) is 13.2. The summed E-state index contributed by atoms with van der Waals surface area (Å²) in [5.41, 5.74) is 2.57. The summed E-state index contributed by atoms with van der Waals surface area (Å²) in [6.07, 6.45) is 4.71. The quantitative estimate of drug-likeness (QED) is 0.459. The number of benzene rings is 2. The van der Waals surface area contributed by atoms with Gasteiger partial charge in [0.1, 0.15) is 11.4 Å². The van der Waals surface area contributed by atoms with Gasteiger partial charge in [0.15, 0.2) is 0 Å². The zero-order valence-electron chi connectivity index (χ0n) is 22.8. The molecule has 5 rings (SSSR count). The fourth-order valence-corrected chi connectivity index (χ4v) is 5.53. The number of aromatic nitrogens is 2. The van der Waals surface area contributed by atoms with Gasteiger partial charge in [0, 0.05) is 38.8 Å². The van der Waals surface area contributed by atoms with Gasteiger partial charge in [-0.15, -0.1) is 0 Å². The highest BCUT2D eigenvalue weighted by molar-refractivity contribution is 6.11. The molecule has 3 heterocycles. The van der Waals surface area contributed by atoms with Crippen LogP contribution in [0, 0.1) is 0 Å². The lowest BCUT2D eigenvalue weighted by Gasteiger charge is -2.43. The fraction of sp³-hybridized carbons (Fsp3) is 0.367. The molecule has 210 valence electrons. The maximum Gasteiger partial charge on any atom is 0.387 e. The maximum atomic E-state index is 13.0. The number of aliphatic imine (C=N–C) groups is 1. The third-order valence-electron chi connectivity index (χ3n) is 7.73. The molecule has 1 amide bonds. The minimum atomic E-state index is -2.96. The second-order valence-electron chi connectivity index (χ2n) is 10.3. The number of carbonyl (C=O) groups is 1. The molecular weight excluding hydrogens is 518 g/mol. The molecule has 0 aliphatic carbocycles. The lowest BCUT2D eigenvalue weighted by Crippen LogP contribution is -2.49. The number of rotatable bonds is 5. The molecule has 0 radical (unpaired) electrons. The molecular formula is C30H32F2N4O4. The zero-order valence-corrected chi connectivity index (χ0v) is 22.8. The van der Waals surface area contributed by atoms with Gasteiger partial charge in [0.05, 0.1) is 29.2 Å². The third-order valence-corrected chi connectivity index (χ3v) is 7.73. The first-order valence-corrected chi connectivity index (χ1v) is 13.2. The number of allylic oxidation sites excluding steroid dienone is 1. The predicted molar refractivity (Wildman–Crippen MR) is 150 cm³/mol. The van der Waals surface area contributed by atoms with Crippen molar-refractivity contribution >= 4 is 28.6 Å². The van der Waals surface area contributed by atoms with Crippen molar-refractivity contribution in [3.05, 3.63) is 82.3 Å². The lowest BCUT2D eigenvalue weighted by molar-refractivity contribution is -0.135. The number of alkyl halides is 2. The third kappa shape index (κ3) is 5.23. The Balaban J connectivity index is 1.48. The van der Waals surface area contributed by atoms with Gasteiger partial charge < -0.3 is 14.4 Å². The van der Waals surface area contributed by atoms with E-state index in [-0.39, 0.29) is 29.9 Å². The highest BCUT2D eigenvalue weighted by atomic mass is 19.3. The standard InChI is InChI=1S/C30H32F2N4O4/c1-19-15-24(17-33-20(2)30(40-19)11-13-35(14-12-30)21(3)37)22-9-10-25-26(16-22)36(34(4)28(25)38)18-23-7-5-6-8-27(23)39-29(31)32/h5-10,15-17,19,29H,2,11-14,18H2,1,3-4H3/b24-15+,33-17?. The van der Waals surface area contributed by atoms with Gasteiger partial charge in [-0.1, -0.05) is 30.8 Å². The Labute approximate surface area is 230 Å². The van der Waals surface area contributed by atoms with Gasteiger partial charge in [-0.3, -0.25) is 23.9 Å². The minimum absolute atomic E-state index is 0.0462. The van der Waals surface area contributed by atoms with Crippen LogP contribution in [0.15, 0.2) is 70.6 Å². The van der Waals surface area contributed by atoms with Crippen LogP contribution in [0.4, 0.5) is 8.78 Å². The summed E-state index contributed by atoms with van der Waals surface area (Å²) in [6.45, 7) is 6.11. The van der Waals surface area contributed by atoms with Crippen LogP contribution >= 0.6 is 0 Å². The van der Waals surface area contributed by atoms with Crippen LogP contribution in [-0.2, 0) is 23.1 Å². The molecule has 3 aromatic rings. The average molecular weight is 551 g/mol. The Morgan fingerprint density at radius 1 is 1.23 bits per heavy atom. The van der Waals surface area contributed by atoms with E-state index in [1.807, 2.05) is 30.0 Å². The number of hydrogen-bond acceptors (Lipinski definition) is 5. The summed E-state index contributed by atoms with van der Waals surface area (Å²) in [5.74, 6) is 0.107. The highest BCUT2D eigenvalue weighted by Crippen LogP contribution is 2.37. The second-order valence-corrected chi connectivity index (χ2v) is 10.3. The number of ether oxygens (including phenoxy) is 2. The normalized spacial score (nSPS) is 20.4. The molecule has 1 unspecified atom stereocenters. The van der Waals surface area contributed by atoms with Crippen LogP contribution < -0.4 is 10.3 Å². The van der Waals surface area contributed by atoms with Crippen LogP contribution in [0.5, 0.6) is 5.75 Å². The van der Waals surface area contributed by atoms with Crippen LogP contribution in [0.3, 0.4) is 0 Å². The average Bonchev–Trinajstić information content (AvgIpc) is 3.15. The van der Waals surface area contributed by atoms with Crippen LogP contribution in [-0.4, -0.2) is 57.8 Å². The van der Waals surface area contributed by atoms with Crippen molar-refractivity contribution in [1.29, 1.82) is 0 Å². The molecule has 0 N–H and O–H groups in total. The van der Waals surface area contributed by atoms with Gasteiger partial charge >= 0.3 is 6.61 Å². The summed E-state index contributed by atoms with van der Waals surface area (Å²) in [5, 5.41) is 0.506. The van der Waals surface area contributed by atoms with E-state index in [2.05, 4.69) is 11.6 Å². The maximum absolute atomic E-state index is 13.0. The van der Waals surface area contributed by atoms with E-state index in [1.54, 1.807) is 49.1 Å². The lowest BCUT2D eigenvalue weighted by atomic mass is 9.87. The van der Waals surface area contributed by atoms with Crippen molar-refractivity contribution < 1.29 is 23.0 Å². The topological polar surface area (TPSA) is 78.1 Å². The van der Waals surface area contributed by atoms with E-state index in [0.717, 1.165) is 11.1 Å². The first kappa shape index (κ1) is 27.5. The Kier molecular flexibility index (Phi) is 7.46. The van der Waals surface area contributed by atoms with Crippen molar-refractivity contribution in [2.24, 2.45) is 12.0 Å². The number of hydrogen-bond donors (Lipinski definition) is 0. The van der Waals surface area contributed by atoms with Crippen LogP contribution in [0.25, 0.3) is 16.5 Å². The molecule has 8 nitrogen and oxygen atoms in total. The van der Waals surface area contributed by atoms with Crippen molar-refractivity contribution in [1.82, 2.24) is 14.3 Å². The van der Waals surface area contributed by atoms with Gasteiger partial charge in [-0.25, -0.2) is 0 Å². The number of piperidine rings is 1. The van der Waals surface area contributed by atoms with Crippen molar-refractivity contribution in [3.63, 3.8) is 0 Å². The molecule has 2 aliphatic rings. The Bertz CT molecular complexity index is 1580.